The van der Waals surface area contributed by atoms with Crippen LogP contribution in [-0.2, 0) is 6.54 Å². The molecule has 5 nitrogen and oxygen atoms in total. The summed E-state index contributed by atoms with van der Waals surface area (Å²) in [5.41, 5.74) is 3.28. The molecule has 5 heteroatoms. The molecule has 0 bridgehead atoms. The Morgan fingerprint density at radius 2 is 2.26 bits per heavy atom. The summed E-state index contributed by atoms with van der Waals surface area (Å²) in [5, 5.41) is 2.86. The summed E-state index contributed by atoms with van der Waals surface area (Å²) in [5.74, 6) is -0.117. The maximum atomic E-state index is 12.0. The van der Waals surface area contributed by atoms with Gasteiger partial charge in [0.15, 0.2) is 0 Å². The van der Waals surface area contributed by atoms with Gasteiger partial charge in [-0.1, -0.05) is 6.07 Å². The van der Waals surface area contributed by atoms with Crippen LogP contribution in [0.2, 0.25) is 0 Å². The highest BCUT2D eigenvalue weighted by atomic mass is 16.1. The van der Waals surface area contributed by atoms with E-state index in [-0.39, 0.29) is 5.91 Å². The van der Waals surface area contributed by atoms with Crippen molar-refractivity contribution < 1.29 is 4.79 Å². The number of nitrogens with zero attached hydrogens (tertiary/aromatic N) is 2. The van der Waals surface area contributed by atoms with Crippen molar-refractivity contribution in [2.45, 2.75) is 6.54 Å². The van der Waals surface area contributed by atoms with Gasteiger partial charge >= 0.3 is 0 Å². The topological polar surface area (TPSA) is 70.7 Å². The molecule has 0 atom stereocenters. The smallest absolute Gasteiger partial charge is 0.251 e. The van der Waals surface area contributed by atoms with Gasteiger partial charge in [0.1, 0.15) is 0 Å². The van der Waals surface area contributed by atoms with Crippen molar-refractivity contribution in [2.24, 2.45) is 0 Å². The van der Waals surface area contributed by atoms with Gasteiger partial charge in [-0.25, -0.2) is 4.98 Å². The molecule has 94 valence electrons. The van der Waals surface area contributed by atoms with Crippen molar-refractivity contribution in [3.05, 3.63) is 60.2 Å². The first-order chi connectivity index (χ1) is 9.33. The molecule has 2 N–H and O–H groups in total. The summed E-state index contributed by atoms with van der Waals surface area (Å²) in [6, 6.07) is 9.16. The zero-order valence-corrected chi connectivity index (χ0v) is 10.1. The first kappa shape index (κ1) is 11.4. The molecule has 0 spiro atoms. The second kappa shape index (κ2) is 4.89. The number of benzene rings is 1. The Labute approximate surface area is 109 Å². The fraction of sp³-hybridized carbons (Fsp3) is 0.0714. The van der Waals surface area contributed by atoms with Gasteiger partial charge in [0.25, 0.3) is 5.91 Å². The van der Waals surface area contributed by atoms with Crippen LogP contribution in [0.5, 0.6) is 0 Å². The average molecular weight is 252 g/mol. The predicted molar refractivity (Wildman–Crippen MR) is 71.5 cm³/mol. The van der Waals surface area contributed by atoms with Gasteiger partial charge in [0.05, 0.1) is 17.4 Å². The number of aromatic amines is 1. The molecule has 1 aromatic carbocycles. The number of aromatic nitrogens is 3. The monoisotopic (exact) mass is 252 g/mol. The maximum absolute atomic E-state index is 12.0. The van der Waals surface area contributed by atoms with Gasteiger partial charge in [-0.15, -0.1) is 0 Å². The summed E-state index contributed by atoms with van der Waals surface area (Å²) in [7, 11) is 0. The number of hydrogen-bond donors (Lipinski definition) is 2. The van der Waals surface area contributed by atoms with Crippen LogP contribution in [0.25, 0.3) is 11.0 Å². The average Bonchev–Trinajstić information content (AvgIpc) is 2.93. The van der Waals surface area contributed by atoms with Crippen molar-refractivity contribution >= 4 is 16.9 Å². The lowest BCUT2D eigenvalue weighted by atomic mass is 10.2. The zero-order valence-electron chi connectivity index (χ0n) is 10.1. The molecule has 1 amide bonds. The number of carbonyl (C=O) groups excluding carboxylic acids is 1. The summed E-state index contributed by atoms with van der Waals surface area (Å²) >= 11 is 0. The Morgan fingerprint density at radius 3 is 3.11 bits per heavy atom. The minimum Gasteiger partial charge on any atom is -0.348 e. The van der Waals surface area contributed by atoms with Crippen LogP contribution in [0.4, 0.5) is 0 Å². The van der Waals surface area contributed by atoms with Gasteiger partial charge < -0.3 is 10.3 Å². The first-order valence-corrected chi connectivity index (χ1v) is 5.93. The third-order valence-electron chi connectivity index (χ3n) is 2.86. The van der Waals surface area contributed by atoms with E-state index in [1.807, 2.05) is 18.2 Å². The molecule has 0 saturated heterocycles. The van der Waals surface area contributed by atoms with Gasteiger partial charge in [0, 0.05) is 24.5 Å². The summed E-state index contributed by atoms with van der Waals surface area (Å²) < 4.78 is 0. The van der Waals surface area contributed by atoms with Crippen LogP contribution >= 0.6 is 0 Å². The Hall–Kier alpha value is -2.69. The maximum Gasteiger partial charge on any atom is 0.251 e. The van der Waals surface area contributed by atoms with Crippen molar-refractivity contribution in [2.75, 3.05) is 0 Å². The Kier molecular flexibility index (Phi) is 2.94. The van der Waals surface area contributed by atoms with Crippen LogP contribution in [0.3, 0.4) is 0 Å². The SMILES string of the molecule is O=C(NCc1cccnc1)c1ccc2[nH]cnc2c1. The van der Waals surface area contributed by atoms with Gasteiger partial charge in [-0.2, -0.15) is 0 Å². The van der Waals surface area contributed by atoms with Crippen LogP contribution in [0.1, 0.15) is 15.9 Å². The van der Waals surface area contributed by atoms with E-state index in [0.717, 1.165) is 16.6 Å². The molecular weight excluding hydrogens is 240 g/mol. The lowest BCUT2D eigenvalue weighted by Crippen LogP contribution is -2.22. The fourth-order valence-corrected chi connectivity index (χ4v) is 1.86. The van der Waals surface area contributed by atoms with Crippen LogP contribution in [0, 0.1) is 0 Å². The van der Waals surface area contributed by atoms with Crippen molar-refractivity contribution in [1.29, 1.82) is 0 Å². The van der Waals surface area contributed by atoms with Crippen molar-refractivity contribution in [3.8, 4) is 0 Å². The van der Waals surface area contributed by atoms with Crippen molar-refractivity contribution in [1.82, 2.24) is 20.3 Å². The number of rotatable bonds is 3. The van der Waals surface area contributed by atoms with Crippen LogP contribution in [-0.4, -0.2) is 20.9 Å². The number of H-pyrrole nitrogens is 1. The van der Waals surface area contributed by atoms with Gasteiger partial charge in [0.2, 0.25) is 0 Å². The van der Waals surface area contributed by atoms with E-state index < -0.39 is 0 Å². The molecule has 0 fully saturated rings. The number of fused-ring (bicyclic) bond motifs is 1. The van der Waals surface area contributed by atoms with E-state index in [9.17, 15) is 4.79 Å². The van der Waals surface area contributed by atoms with E-state index in [1.54, 1.807) is 30.9 Å². The second-order valence-electron chi connectivity index (χ2n) is 4.18. The molecule has 0 unspecified atom stereocenters. The molecule has 0 saturated carbocycles. The fourth-order valence-electron chi connectivity index (χ4n) is 1.86. The minimum atomic E-state index is -0.117. The summed E-state index contributed by atoms with van der Waals surface area (Å²) in [6.45, 7) is 0.464. The quantitative estimate of drug-likeness (QED) is 0.747. The molecule has 2 heterocycles. The highest BCUT2D eigenvalue weighted by Crippen LogP contribution is 2.11. The third-order valence-corrected chi connectivity index (χ3v) is 2.86. The van der Waals surface area contributed by atoms with E-state index in [2.05, 4.69) is 20.3 Å². The lowest BCUT2D eigenvalue weighted by molar-refractivity contribution is 0.0951. The predicted octanol–water partition coefficient (Wildman–Crippen LogP) is 1.89. The largest absolute Gasteiger partial charge is 0.348 e. The molecule has 2 aromatic heterocycles. The molecule has 0 radical (unpaired) electrons. The molecule has 0 aliphatic rings. The molecule has 3 rings (SSSR count). The summed E-state index contributed by atoms with van der Waals surface area (Å²) in [6.07, 6.45) is 5.05. The Morgan fingerprint density at radius 1 is 1.32 bits per heavy atom. The van der Waals surface area contributed by atoms with E-state index >= 15 is 0 Å². The number of carbonyl (C=O) groups is 1. The van der Waals surface area contributed by atoms with E-state index in [0.29, 0.717) is 12.1 Å². The second-order valence-corrected chi connectivity index (χ2v) is 4.18. The standard InChI is InChI=1S/C14H12N4O/c19-14(16-8-10-2-1-5-15-7-10)11-3-4-12-13(6-11)18-9-17-12/h1-7,9H,8H2,(H,16,19)(H,17,18). The van der Waals surface area contributed by atoms with E-state index in [1.165, 1.54) is 0 Å². The number of pyridine rings is 1. The highest BCUT2D eigenvalue weighted by molar-refractivity contribution is 5.97. The Bertz CT molecular complexity index is 706. The number of hydrogen-bond acceptors (Lipinski definition) is 3. The van der Waals surface area contributed by atoms with Gasteiger partial charge in [-0.3, -0.25) is 9.78 Å². The highest BCUT2D eigenvalue weighted by Gasteiger charge is 2.07. The number of imidazole rings is 1. The van der Waals surface area contributed by atoms with Crippen LogP contribution < -0.4 is 5.32 Å². The molecule has 3 aromatic rings. The van der Waals surface area contributed by atoms with E-state index in [4.69, 9.17) is 0 Å². The zero-order chi connectivity index (χ0) is 13.1. The molecule has 0 aliphatic heterocycles. The first-order valence-electron chi connectivity index (χ1n) is 5.93. The van der Waals surface area contributed by atoms with Crippen molar-refractivity contribution in [3.63, 3.8) is 0 Å². The van der Waals surface area contributed by atoms with Gasteiger partial charge in [-0.05, 0) is 29.8 Å². The normalized spacial score (nSPS) is 10.5. The summed E-state index contributed by atoms with van der Waals surface area (Å²) in [4.78, 5) is 23.1. The number of amides is 1. The Balaban J connectivity index is 1.73. The molecular formula is C14H12N4O. The lowest BCUT2D eigenvalue weighted by Gasteiger charge is -2.05. The minimum absolute atomic E-state index is 0.117. The third kappa shape index (κ3) is 2.44. The number of nitrogens with one attached hydrogen (secondary N) is 2. The van der Waals surface area contributed by atoms with Crippen LogP contribution in [0.15, 0.2) is 49.1 Å². The molecule has 19 heavy (non-hydrogen) atoms. The molecule has 0 aliphatic carbocycles.